The van der Waals surface area contributed by atoms with Gasteiger partial charge in [0.05, 0.1) is 6.54 Å². The number of benzene rings is 3. The van der Waals surface area contributed by atoms with Gasteiger partial charge in [0.1, 0.15) is 23.0 Å². The first-order valence-corrected chi connectivity index (χ1v) is 11.2. The van der Waals surface area contributed by atoms with E-state index in [4.69, 9.17) is 10.2 Å². The highest BCUT2D eigenvalue weighted by Gasteiger charge is 2.35. The zero-order chi connectivity index (χ0) is 24.7. The van der Waals surface area contributed by atoms with E-state index in [2.05, 4.69) is 0 Å². The third kappa shape index (κ3) is 4.53. The maximum atomic E-state index is 15.3. The van der Waals surface area contributed by atoms with Crippen molar-refractivity contribution in [2.45, 2.75) is 25.3 Å². The number of alkyl halides is 2. The fraction of sp³-hybridized carbons (Fsp3) is 0.222. The molecule has 1 aliphatic rings. The molecule has 0 saturated carbocycles. The molecule has 0 aliphatic carbocycles. The van der Waals surface area contributed by atoms with Gasteiger partial charge in [-0.1, -0.05) is 18.2 Å². The van der Waals surface area contributed by atoms with Crippen LogP contribution in [0, 0.1) is 11.6 Å². The highest BCUT2D eigenvalue weighted by Crippen LogP contribution is 2.37. The number of carbonyl (C=O) groups excluding carboxylic acids is 1. The van der Waals surface area contributed by atoms with Gasteiger partial charge in [-0.15, -0.1) is 0 Å². The molecule has 35 heavy (non-hydrogen) atoms. The summed E-state index contributed by atoms with van der Waals surface area (Å²) in [5.41, 5.74) is 8.21. The summed E-state index contributed by atoms with van der Waals surface area (Å²) in [6.07, 6.45) is -0.810. The molecule has 1 aromatic heterocycles. The summed E-state index contributed by atoms with van der Waals surface area (Å²) in [6.45, 7) is 0.0138. The predicted molar refractivity (Wildman–Crippen MR) is 125 cm³/mol. The van der Waals surface area contributed by atoms with Crippen LogP contribution in [0.1, 0.15) is 29.0 Å². The number of carbonyl (C=O) groups is 1. The molecule has 8 heteroatoms. The number of hydrogen-bond donors (Lipinski definition) is 1. The Morgan fingerprint density at radius 2 is 1.71 bits per heavy atom. The number of nitrogens with zero attached hydrogens (tertiary/aromatic N) is 1. The van der Waals surface area contributed by atoms with Crippen molar-refractivity contribution in [1.82, 2.24) is 4.90 Å². The van der Waals surface area contributed by atoms with Crippen LogP contribution in [0.15, 0.2) is 65.1 Å². The van der Waals surface area contributed by atoms with E-state index in [1.165, 1.54) is 29.2 Å². The number of nitrogens with two attached hydrogens (primary N) is 1. The predicted octanol–water partition coefficient (Wildman–Crippen LogP) is 6.38. The van der Waals surface area contributed by atoms with Crippen LogP contribution < -0.4 is 5.73 Å². The number of likely N-dealkylation sites (tertiary alicyclic amines) is 1. The molecule has 1 aliphatic heterocycles. The van der Waals surface area contributed by atoms with Gasteiger partial charge in [0.25, 0.3) is 11.8 Å². The minimum atomic E-state index is -2.78. The van der Waals surface area contributed by atoms with E-state index in [9.17, 15) is 18.0 Å². The highest BCUT2D eigenvalue weighted by atomic mass is 19.3. The Morgan fingerprint density at radius 3 is 2.40 bits per heavy atom. The lowest BCUT2D eigenvalue weighted by molar-refractivity contribution is -0.0494. The highest BCUT2D eigenvalue weighted by molar-refractivity contribution is 5.98. The average Bonchev–Trinajstić information content (AvgIpc) is 3.26. The van der Waals surface area contributed by atoms with Crippen LogP contribution in [-0.4, -0.2) is 29.8 Å². The number of fused-ring (bicyclic) bond motifs is 1. The monoisotopic (exact) mass is 482 g/mol. The molecule has 0 atom stereocenters. The number of rotatable bonds is 4. The molecule has 2 N–H and O–H groups in total. The molecule has 2 heterocycles. The zero-order valence-corrected chi connectivity index (χ0v) is 18.7. The van der Waals surface area contributed by atoms with Crippen LogP contribution in [0.5, 0.6) is 0 Å². The largest absolute Gasteiger partial charge is 0.459 e. The third-order valence-electron chi connectivity index (χ3n) is 6.31. The summed E-state index contributed by atoms with van der Waals surface area (Å²) in [5.74, 6) is -3.78. The second-order valence-corrected chi connectivity index (χ2v) is 8.71. The second-order valence-electron chi connectivity index (χ2n) is 8.71. The van der Waals surface area contributed by atoms with Gasteiger partial charge in [-0.05, 0) is 53.6 Å². The minimum absolute atomic E-state index is 0.0766. The normalized spacial score (nSPS) is 15.5. The van der Waals surface area contributed by atoms with E-state index in [0.29, 0.717) is 33.4 Å². The van der Waals surface area contributed by atoms with Gasteiger partial charge in [0, 0.05) is 48.0 Å². The second kappa shape index (κ2) is 8.85. The molecule has 4 nitrogen and oxygen atoms in total. The molecule has 1 fully saturated rings. The SMILES string of the molecule is NCc1cc2cc(-c3ccc(C(=O)N4CCC(F)(F)CC4)cc3F)cc(-c3cccc(F)c3)c2o1. The van der Waals surface area contributed by atoms with E-state index >= 15 is 4.39 Å². The van der Waals surface area contributed by atoms with Gasteiger partial charge in [-0.3, -0.25) is 4.79 Å². The van der Waals surface area contributed by atoms with E-state index in [1.54, 1.807) is 30.3 Å². The fourth-order valence-corrected chi connectivity index (χ4v) is 4.43. The van der Waals surface area contributed by atoms with E-state index in [1.807, 2.05) is 0 Å². The Bertz CT molecular complexity index is 1420. The van der Waals surface area contributed by atoms with Crippen LogP contribution >= 0.6 is 0 Å². The molecule has 0 unspecified atom stereocenters. The van der Waals surface area contributed by atoms with Crippen molar-refractivity contribution in [3.63, 3.8) is 0 Å². The summed E-state index contributed by atoms with van der Waals surface area (Å²) in [4.78, 5) is 14.1. The molecule has 4 aromatic rings. The van der Waals surface area contributed by atoms with Crippen molar-refractivity contribution in [2.24, 2.45) is 5.73 Å². The lowest BCUT2D eigenvalue weighted by atomic mass is 9.95. The Kier molecular flexibility index (Phi) is 5.84. The van der Waals surface area contributed by atoms with Crippen molar-refractivity contribution in [3.05, 3.63) is 83.6 Å². The lowest BCUT2D eigenvalue weighted by Gasteiger charge is -2.31. The van der Waals surface area contributed by atoms with Crippen LogP contribution in [-0.2, 0) is 6.54 Å². The molecule has 1 saturated heterocycles. The third-order valence-corrected chi connectivity index (χ3v) is 6.31. The van der Waals surface area contributed by atoms with Gasteiger partial charge in [0.2, 0.25) is 0 Å². The Hall–Kier alpha value is -3.65. The lowest BCUT2D eigenvalue weighted by Crippen LogP contribution is -2.42. The number of halogens is 4. The van der Waals surface area contributed by atoms with Crippen LogP contribution in [0.25, 0.3) is 33.2 Å². The van der Waals surface area contributed by atoms with Crippen molar-refractivity contribution in [2.75, 3.05) is 13.1 Å². The van der Waals surface area contributed by atoms with Gasteiger partial charge in [0.15, 0.2) is 0 Å². The van der Waals surface area contributed by atoms with Gasteiger partial charge in [-0.25, -0.2) is 17.6 Å². The molecule has 5 rings (SSSR count). The molecular formula is C27H22F4N2O2. The van der Waals surface area contributed by atoms with E-state index < -0.39 is 36.3 Å². The number of amides is 1. The van der Waals surface area contributed by atoms with Gasteiger partial charge < -0.3 is 15.1 Å². The van der Waals surface area contributed by atoms with Crippen molar-refractivity contribution in [1.29, 1.82) is 0 Å². The van der Waals surface area contributed by atoms with Gasteiger partial charge >= 0.3 is 0 Å². The first-order valence-electron chi connectivity index (χ1n) is 11.2. The van der Waals surface area contributed by atoms with Crippen LogP contribution in [0.4, 0.5) is 17.6 Å². The maximum absolute atomic E-state index is 15.3. The van der Waals surface area contributed by atoms with E-state index in [-0.39, 0.29) is 30.8 Å². The summed E-state index contributed by atoms with van der Waals surface area (Å²) < 4.78 is 61.9. The molecule has 0 spiro atoms. The van der Waals surface area contributed by atoms with Crippen LogP contribution in [0.3, 0.4) is 0 Å². The zero-order valence-electron chi connectivity index (χ0n) is 18.7. The Labute approximate surface area is 198 Å². The molecule has 1 amide bonds. The smallest absolute Gasteiger partial charge is 0.253 e. The van der Waals surface area contributed by atoms with E-state index in [0.717, 1.165) is 6.07 Å². The standard InChI is InChI=1S/C27H22F4N2O2/c28-20-3-1-2-16(11-20)23-13-18(10-19-12-21(15-32)35-25(19)23)22-5-4-17(14-24(22)29)26(34)33-8-6-27(30,31)7-9-33/h1-5,10-14H,6-9,15,32H2. The van der Waals surface area contributed by atoms with Crippen LogP contribution in [0.2, 0.25) is 0 Å². The molecule has 0 radical (unpaired) electrons. The van der Waals surface area contributed by atoms with Crippen molar-refractivity contribution < 1.29 is 26.8 Å². The summed E-state index contributed by atoms with van der Waals surface area (Å²) in [6, 6.07) is 15.3. The fourth-order valence-electron chi connectivity index (χ4n) is 4.43. The first kappa shape index (κ1) is 23.1. The molecule has 3 aromatic carbocycles. The van der Waals surface area contributed by atoms with Gasteiger partial charge in [-0.2, -0.15) is 0 Å². The molecular weight excluding hydrogens is 460 g/mol. The first-order chi connectivity index (χ1) is 16.7. The Balaban J connectivity index is 1.53. The quantitative estimate of drug-likeness (QED) is 0.344. The molecule has 180 valence electrons. The number of piperidine rings is 1. The van der Waals surface area contributed by atoms with Crippen molar-refractivity contribution >= 4 is 16.9 Å². The summed E-state index contributed by atoms with van der Waals surface area (Å²) in [5, 5.41) is 0.677. The minimum Gasteiger partial charge on any atom is -0.459 e. The topological polar surface area (TPSA) is 59.5 Å². The summed E-state index contributed by atoms with van der Waals surface area (Å²) >= 11 is 0. The maximum Gasteiger partial charge on any atom is 0.253 e. The average molecular weight is 482 g/mol. The Morgan fingerprint density at radius 1 is 0.943 bits per heavy atom. The van der Waals surface area contributed by atoms with Crippen molar-refractivity contribution in [3.8, 4) is 22.3 Å². The number of hydrogen-bond acceptors (Lipinski definition) is 3. The molecule has 0 bridgehead atoms. The number of furan rings is 1. The summed E-state index contributed by atoms with van der Waals surface area (Å²) in [7, 11) is 0.